The van der Waals surface area contributed by atoms with Crippen molar-refractivity contribution in [1.29, 1.82) is 0 Å². The van der Waals surface area contributed by atoms with Crippen molar-refractivity contribution >= 4 is 41.5 Å². The third-order valence-corrected chi connectivity index (χ3v) is 8.07. The van der Waals surface area contributed by atoms with Crippen LogP contribution in [0.15, 0.2) is 30.3 Å². The van der Waals surface area contributed by atoms with E-state index in [1.807, 2.05) is 6.92 Å². The number of likely N-dealkylation sites (N-methyl/N-ethyl adjacent to an activating group) is 1. The molecule has 7 amide bonds. The maximum absolute atomic E-state index is 14.2. The zero-order valence-electron chi connectivity index (χ0n) is 34.0. The van der Waals surface area contributed by atoms with Gasteiger partial charge in [0.1, 0.15) is 17.7 Å². The van der Waals surface area contributed by atoms with Gasteiger partial charge in [0.05, 0.1) is 18.2 Å². The molecule has 16 heteroatoms. The van der Waals surface area contributed by atoms with Crippen molar-refractivity contribution in [3.63, 3.8) is 0 Å². The van der Waals surface area contributed by atoms with Crippen LogP contribution in [0.5, 0.6) is 0 Å². The van der Waals surface area contributed by atoms with Crippen LogP contribution in [-0.4, -0.2) is 113 Å². The number of unbranched alkanes of at least 4 members (excludes halogenated alkanes) is 1. The first-order chi connectivity index (χ1) is 24.9. The number of nitrogens with one attached hydrogen (secondary N) is 4. The number of benzene rings is 1. The lowest BCUT2D eigenvalue weighted by Gasteiger charge is -2.39. The van der Waals surface area contributed by atoms with Gasteiger partial charge < -0.3 is 35.6 Å². The molecule has 0 saturated carbocycles. The molecule has 4 N–H and O–H groups in total. The molecular weight excluding hydrogens is 698 g/mol. The molecule has 0 aromatic heterocycles. The smallest absolute Gasteiger partial charge is 0.408 e. The number of urea groups is 1. The highest BCUT2D eigenvalue weighted by molar-refractivity contribution is 6.38. The highest BCUT2D eigenvalue weighted by Crippen LogP contribution is 2.29. The summed E-state index contributed by atoms with van der Waals surface area (Å²) in [6, 6.07) is 4.25. The van der Waals surface area contributed by atoms with Crippen LogP contribution in [0.25, 0.3) is 0 Å². The summed E-state index contributed by atoms with van der Waals surface area (Å²) >= 11 is 0. The van der Waals surface area contributed by atoms with Crippen molar-refractivity contribution < 1.29 is 43.0 Å². The molecule has 1 heterocycles. The maximum atomic E-state index is 14.2. The number of alkyl carbamates (subject to hydrolysis) is 1. The average molecular weight is 760 g/mol. The summed E-state index contributed by atoms with van der Waals surface area (Å²) in [5.74, 6) is -3.83. The van der Waals surface area contributed by atoms with Crippen molar-refractivity contribution in [3.05, 3.63) is 35.9 Å². The molecular formula is C38H61N7O9. The maximum Gasteiger partial charge on any atom is 0.408 e. The Labute approximate surface area is 319 Å². The fourth-order valence-corrected chi connectivity index (χ4v) is 5.52. The quantitative estimate of drug-likeness (QED) is 0.206. The van der Waals surface area contributed by atoms with Crippen LogP contribution in [0.4, 0.5) is 9.59 Å². The van der Waals surface area contributed by atoms with Crippen LogP contribution in [0.3, 0.4) is 0 Å². The van der Waals surface area contributed by atoms with Gasteiger partial charge in [-0.05, 0) is 58.9 Å². The molecule has 302 valence electrons. The summed E-state index contributed by atoms with van der Waals surface area (Å²) in [5, 5.41) is 12.5. The summed E-state index contributed by atoms with van der Waals surface area (Å²) in [5.41, 5.74) is -1.85. The normalized spacial score (nSPS) is 16.4. The highest BCUT2D eigenvalue weighted by atomic mass is 16.6. The van der Waals surface area contributed by atoms with E-state index in [-0.39, 0.29) is 19.4 Å². The fraction of sp³-hybridized carbons (Fsp3) is 0.658. The predicted molar refractivity (Wildman–Crippen MR) is 201 cm³/mol. The summed E-state index contributed by atoms with van der Waals surface area (Å²) in [6.45, 7) is 17.1. The van der Waals surface area contributed by atoms with Crippen LogP contribution < -0.4 is 21.3 Å². The van der Waals surface area contributed by atoms with Crippen molar-refractivity contribution in [2.75, 3.05) is 27.2 Å². The Balaban J connectivity index is 2.31. The molecule has 4 atom stereocenters. The third-order valence-electron chi connectivity index (χ3n) is 8.07. The van der Waals surface area contributed by atoms with Crippen LogP contribution in [0, 0.1) is 5.41 Å². The topological polar surface area (TPSA) is 196 Å². The number of nitrogens with zero attached hydrogens (tertiary/aromatic N) is 3. The fourth-order valence-electron chi connectivity index (χ4n) is 5.52. The van der Waals surface area contributed by atoms with Gasteiger partial charge in [0.25, 0.3) is 11.8 Å². The summed E-state index contributed by atoms with van der Waals surface area (Å²) < 4.78 is 11.6. The molecule has 0 spiro atoms. The molecule has 1 aromatic carbocycles. The lowest BCUT2D eigenvalue weighted by Crippen LogP contribution is -2.62. The van der Waals surface area contributed by atoms with Gasteiger partial charge in [-0.3, -0.25) is 24.0 Å². The van der Waals surface area contributed by atoms with E-state index in [1.54, 1.807) is 107 Å². The number of carbonyl (C=O) groups excluding carboxylic acids is 7. The second-order valence-electron chi connectivity index (χ2n) is 16.6. The molecule has 1 fully saturated rings. The standard InChI is InChI=1S/C38H61N7O9/c1-13-14-20-25(29(47)31(48)39-23-26(46)41-28(32(49)43(11)12)24-18-16-15-17-19-24)40-34(51)45-27(53-37(5,6)7)21-22-44(45)33(50)30(36(2,3)4)42-35(52)54-38(8,9)10/h15-19,25,27-28,30H,13-14,20-23H2,1-12H3,(H,39,48)(H,40,51)(H,41,46)(H,42,52)/t25?,27-,28?,30+/m0/s1. The average Bonchev–Trinajstić information content (AvgIpc) is 3.46. The number of rotatable bonds is 14. The minimum atomic E-state index is -1.32. The zero-order valence-corrected chi connectivity index (χ0v) is 34.0. The first-order valence-electron chi connectivity index (χ1n) is 18.3. The molecule has 0 aliphatic carbocycles. The summed E-state index contributed by atoms with van der Waals surface area (Å²) in [6.07, 6.45) is -0.324. The van der Waals surface area contributed by atoms with E-state index in [9.17, 15) is 33.6 Å². The molecule has 1 saturated heterocycles. The van der Waals surface area contributed by atoms with Crippen molar-refractivity contribution in [2.45, 2.75) is 130 Å². The van der Waals surface area contributed by atoms with E-state index in [2.05, 4.69) is 21.3 Å². The van der Waals surface area contributed by atoms with E-state index in [0.29, 0.717) is 18.4 Å². The van der Waals surface area contributed by atoms with Gasteiger partial charge in [0.15, 0.2) is 6.23 Å². The van der Waals surface area contributed by atoms with Crippen LogP contribution in [0.2, 0.25) is 0 Å². The highest BCUT2D eigenvalue weighted by Gasteiger charge is 2.47. The number of hydrazine groups is 1. The van der Waals surface area contributed by atoms with Gasteiger partial charge >= 0.3 is 12.1 Å². The molecule has 2 rings (SSSR count). The predicted octanol–water partition coefficient (Wildman–Crippen LogP) is 3.42. The molecule has 0 radical (unpaired) electrons. The molecule has 0 bridgehead atoms. The molecule has 16 nitrogen and oxygen atoms in total. The van der Waals surface area contributed by atoms with E-state index >= 15 is 0 Å². The first kappa shape index (κ1) is 45.4. The number of amides is 7. The van der Waals surface area contributed by atoms with Gasteiger partial charge in [0.2, 0.25) is 17.6 Å². The summed E-state index contributed by atoms with van der Waals surface area (Å²) in [7, 11) is 3.10. The lowest BCUT2D eigenvalue weighted by molar-refractivity contribution is -0.167. The minimum Gasteiger partial charge on any atom is -0.444 e. The zero-order chi connectivity index (χ0) is 41.2. The molecule has 1 aliphatic heterocycles. The second-order valence-corrected chi connectivity index (χ2v) is 16.6. The summed E-state index contributed by atoms with van der Waals surface area (Å²) in [4.78, 5) is 94.9. The van der Waals surface area contributed by atoms with Gasteiger partial charge in [-0.25, -0.2) is 19.6 Å². The van der Waals surface area contributed by atoms with Gasteiger partial charge in [0, 0.05) is 27.1 Å². The Morgan fingerprint density at radius 3 is 2.00 bits per heavy atom. The Bertz CT molecular complexity index is 1500. The SMILES string of the molecule is CCCCC(NC(=O)N1[C@@H](OC(C)(C)C)CCN1C(=O)[C@@H](NC(=O)OC(C)(C)C)C(C)(C)C)C(=O)C(=O)NCC(=O)NC(C(=O)N(C)C)c1ccccc1. The number of hydrogen-bond donors (Lipinski definition) is 4. The Morgan fingerprint density at radius 1 is 0.870 bits per heavy atom. The van der Waals surface area contributed by atoms with E-state index < -0.39 is 89.1 Å². The van der Waals surface area contributed by atoms with Crippen LogP contribution in [-0.2, 0) is 33.4 Å². The van der Waals surface area contributed by atoms with Crippen molar-refractivity contribution in [3.8, 4) is 0 Å². The largest absolute Gasteiger partial charge is 0.444 e. The second kappa shape index (κ2) is 19.0. The molecule has 1 aliphatic rings. The van der Waals surface area contributed by atoms with Crippen molar-refractivity contribution in [2.24, 2.45) is 5.41 Å². The number of ketones is 1. The molecule has 1 aromatic rings. The number of ether oxygens (including phenoxy) is 2. The number of Topliss-reactive ketones (excluding diaryl/α,β-unsaturated/α-hetero) is 1. The first-order valence-corrected chi connectivity index (χ1v) is 18.3. The van der Waals surface area contributed by atoms with Gasteiger partial charge in [-0.2, -0.15) is 0 Å². The third kappa shape index (κ3) is 13.9. The minimum absolute atomic E-state index is 0.0546. The van der Waals surface area contributed by atoms with Gasteiger partial charge in [-0.15, -0.1) is 0 Å². The van der Waals surface area contributed by atoms with Crippen LogP contribution in [0.1, 0.15) is 107 Å². The van der Waals surface area contributed by atoms with Crippen LogP contribution >= 0.6 is 0 Å². The van der Waals surface area contributed by atoms with Gasteiger partial charge in [-0.1, -0.05) is 70.9 Å². The number of hydrogen-bond acceptors (Lipinski definition) is 9. The number of carbonyl (C=O) groups is 7. The van der Waals surface area contributed by atoms with E-state index in [4.69, 9.17) is 9.47 Å². The Hall–Kier alpha value is -4.73. The molecule has 54 heavy (non-hydrogen) atoms. The lowest BCUT2D eigenvalue weighted by atomic mass is 9.86. The van der Waals surface area contributed by atoms with Crippen molar-refractivity contribution in [1.82, 2.24) is 36.2 Å². The Morgan fingerprint density at radius 2 is 1.48 bits per heavy atom. The van der Waals surface area contributed by atoms with E-state index in [0.717, 1.165) is 5.01 Å². The monoisotopic (exact) mass is 759 g/mol. The van der Waals surface area contributed by atoms with E-state index in [1.165, 1.54) is 9.91 Å². The molecule has 2 unspecified atom stereocenters. The Kier molecular flexibility index (Phi) is 16.0.